The molecule has 1 fully saturated rings. The minimum absolute atomic E-state index is 0.119. The van der Waals surface area contributed by atoms with Crippen molar-refractivity contribution in [2.75, 3.05) is 19.8 Å². The number of likely N-dealkylation sites (N-methyl/N-ethyl adjacent to an activating group) is 1. The zero-order valence-electron chi connectivity index (χ0n) is 11.6. The quantitative estimate of drug-likeness (QED) is 0.691. The highest BCUT2D eigenvalue weighted by molar-refractivity contribution is 8.00. The van der Waals surface area contributed by atoms with E-state index in [9.17, 15) is 4.79 Å². The molecule has 0 bridgehead atoms. The van der Waals surface area contributed by atoms with Gasteiger partial charge < -0.3 is 15.2 Å². The summed E-state index contributed by atoms with van der Waals surface area (Å²) in [5, 5.41) is 13.1. The lowest BCUT2D eigenvalue weighted by molar-refractivity contribution is -0.151. The molecule has 3 unspecified atom stereocenters. The first kappa shape index (κ1) is 15.8. The number of thioether (sulfide) groups is 1. The summed E-state index contributed by atoms with van der Waals surface area (Å²) in [6.45, 7) is 7.25. The molecule has 1 saturated carbocycles. The van der Waals surface area contributed by atoms with Crippen molar-refractivity contribution >= 4 is 17.7 Å². The van der Waals surface area contributed by atoms with Crippen LogP contribution in [0.4, 0.5) is 0 Å². The Morgan fingerprint density at radius 2 is 2.33 bits per heavy atom. The van der Waals surface area contributed by atoms with Gasteiger partial charge in [0.2, 0.25) is 0 Å². The standard InChI is InChI=1S/C13H25NO3S/c1-4-14-13(12(16)17-5-2)7-6-11(8-13)18-10(3)9-15/h10-11,14-15H,4-9H2,1-3H3. The van der Waals surface area contributed by atoms with Crippen LogP contribution in [0.3, 0.4) is 0 Å². The molecule has 3 atom stereocenters. The van der Waals surface area contributed by atoms with Gasteiger partial charge in [0, 0.05) is 10.5 Å². The third-order valence-corrected chi connectivity index (χ3v) is 4.73. The second kappa shape index (κ2) is 7.36. The van der Waals surface area contributed by atoms with Crippen molar-refractivity contribution in [2.45, 2.75) is 56.1 Å². The number of carbonyl (C=O) groups excluding carboxylic acids is 1. The average molecular weight is 275 g/mol. The molecule has 5 heteroatoms. The summed E-state index contributed by atoms with van der Waals surface area (Å²) in [7, 11) is 0. The Kier molecular flexibility index (Phi) is 6.46. The van der Waals surface area contributed by atoms with E-state index in [1.54, 1.807) is 11.8 Å². The van der Waals surface area contributed by atoms with Crippen LogP contribution < -0.4 is 5.32 Å². The summed E-state index contributed by atoms with van der Waals surface area (Å²) < 4.78 is 5.20. The maximum Gasteiger partial charge on any atom is 0.326 e. The smallest absolute Gasteiger partial charge is 0.326 e. The van der Waals surface area contributed by atoms with Crippen LogP contribution in [0, 0.1) is 0 Å². The van der Waals surface area contributed by atoms with Crippen molar-refractivity contribution < 1.29 is 14.6 Å². The van der Waals surface area contributed by atoms with E-state index < -0.39 is 5.54 Å². The normalized spacial score (nSPS) is 29.2. The van der Waals surface area contributed by atoms with E-state index in [-0.39, 0.29) is 17.8 Å². The van der Waals surface area contributed by atoms with Crippen LogP contribution in [0.25, 0.3) is 0 Å². The van der Waals surface area contributed by atoms with Gasteiger partial charge in [-0.25, -0.2) is 0 Å². The third kappa shape index (κ3) is 3.87. The van der Waals surface area contributed by atoms with Crippen molar-refractivity contribution in [1.82, 2.24) is 5.32 Å². The summed E-state index contributed by atoms with van der Waals surface area (Å²) in [6, 6.07) is 0. The monoisotopic (exact) mass is 275 g/mol. The number of hydrogen-bond acceptors (Lipinski definition) is 5. The number of hydrogen-bond donors (Lipinski definition) is 2. The molecule has 18 heavy (non-hydrogen) atoms. The molecule has 0 aliphatic heterocycles. The van der Waals surface area contributed by atoms with Gasteiger partial charge in [-0.15, -0.1) is 0 Å². The first-order valence-electron chi connectivity index (χ1n) is 6.76. The first-order valence-corrected chi connectivity index (χ1v) is 7.70. The predicted octanol–water partition coefficient (Wildman–Crippen LogP) is 1.56. The number of esters is 1. The molecular formula is C13H25NO3S. The highest BCUT2D eigenvalue weighted by atomic mass is 32.2. The minimum Gasteiger partial charge on any atom is -0.465 e. The zero-order valence-corrected chi connectivity index (χ0v) is 12.4. The lowest BCUT2D eigenvalue weighted by Crippen LogP contribution is -2.51. The van der Waals surface area contributed by atoms with Crippen molar-refractivity contribution in [1.29, 1.82) is 0 Å². The van der Waals surface area contributed by atoms with Gasteiger partial charge in [0.25, 0.3) is 0 Å². The molecule has 0 heterocycles. The SMILES string of the molecule is CCNC1(C(=O)OCC)CCC(SC(C)CO)C1. The van der Waals surface area contributed by atoms with Gasteiger partial charge >= 0.3 is 5.97 Å². The van der Waals surface area contributed by atoms with Gasteiger partial charge in [-0.3, -0.25) is 4.79 Å². The maximum atomic E-state index is 12.1. The molecule has 1 rings (SSSR count). The van der Waals surface area contributed by atoms with Gasteiger partial charge in [-0.1, -0.05) is 13.8 Å². The fraction of sp³-hybridized carbons (Fsp3) is 0.923. The Bertz CT molecular complexity index is 275. The molecule has 106 valence electrons. The van der Waals surface area contributed by atoms with E-state index in [2.05, 4.69) is 5.32 Å². The van der Waals surface area contributed by atoms with Crippen molar-refractivity contribution in [3.63, 3.8) is 0 Å². The van der Waals surface area contributed by atoms with Gasteiger partial charge in [0.15, 0.2) is 0 Å². The van der Waals surface area contributed by atoms with E-state index in [1.165, 1.54) is 0 Å². The number of ether oxygens (including phenoxy) is 1. The molecule has 0 aromatic heterocycles. The summed E-state index contributed by atoms with van der Waals surface area (Å²) >= 11 is 1.77. The van der Waals surface area contributed by atoms with E-state index in [4.69, 9.17) is 9.84 Å². The Hall–Kier alpha value is -0.260. The Balaban J connectivity index is 2.63. The summed E-state index contributed by atoms with van der Waals surface area (Å²) in [5.41, 5.74) is -0.502. The van der Waals surface area contributed by atoms with Crippen LogP contribution in [0.1, 0.15) is 40.0 Å². The Labute approximate surface area is 114 Å². The Morgan fingerprint density at radius 3 is 2.89 bits per heavy atom. The lowest BCUT2D eigenvalue weighted by Gasteiger charge is -2.28. The summed E-state index contributed by atoms with van der Waals surface area (Å²) in [6.07, 6.45) is 2.63. The topological polar surface area (TPSA) is 58.6 Å². The van der Waals surface area contributed by atoms with Crippen molar-refractivity contribution in [3.05, 3.63) is 0 Å². The van der Waals surface area contributed by atoms with Gasteiger partial charge in [-0.05, 0) is 32.7 Å². The molecule has 0 radical (unpaired) electrons. The highest BCUT2D eigenvalue weighted by Gasteiger charge is 2.46. The molecule has 0 aromatic rings. The van der Waals surface area contributed by atoms with Gasteiger partial charge in [0.1, 0.15) is 5.54 Å². The molecular weight excluding hydrogens is 250 g/mol. The highest BCUT2D eigenvalue weighted by Crippen LogP contribution is 2.39. The molecule has 1 aliphatic rings. The van der Waals surface area contributed by atoms with E-state index in [1.807, 2.05) is 20.8 Å². The predicted molar refractivity (Wildman–Crippen MR) is 74.8 cm³/mol. The molecule has 0 saturated heterocycles. The molecule has 2 N–H and O–H groups in total. The van der Waals surface area contributed by atoms with E-state index in [0.717, 1.165) is 25.8 Å². The van der Waals surface area contributed by atoms with Crippen LogP contribution in [0.15, 0.2) is 0 Å². The summed E-state index contributed by atoms with van der Waals surface area (Å²) in [5.74, 6) is -0.119. The number of rotatable bonds is 7. The van der Waals surface area contributed by atoms with Crippen LogP contribution in [-0.4, -0.2) is 46.9 Å². The van der Waals surface area contributed by atoms with Gasteiger partial charge in [0.05, 0.1) is 13.2 Å². The maximum absolute atomic E-state index is 12.1. The van der Waals surface area contributed by atoms with Crippen molar-refractivity contribution in [3.8, 4) is 0 Å². The van der Waals surface area contributed by atoms with Crippen LogP contribution in [0.5, 0.6) is 0 Å². The second-order valence-electron chi connectivity index (χ2n) is 4.83. The van der Waals surface area contributed by atoms with Crippen LogP contribution in [-0.2, 0) is 9.53 Å². The zero-order chi connectivity index (χ0) is 13.6. The number of carbonyl (C=O) groups is 1. The lowest BCUT2D eigenvalue weighted by atomic mass is 9.98. The second-order valence-corrected chi connectivity index (χ2v) is 6.57. The number of aliphatic hydroxyl groups excluding tert-OH is 1. The summed E-state index contributed by atoms with van der Waals surface area (Å²) in [4.78, 5) is 12.1. The fourth-order valence-electron chi connectivity index (χ4n) is 2.51. The molecule has 0 amide bonds. The fourth-order valence-corrected chi connectivity index (χ4v) is 3.89. The largest absolute Gasteiger partial charge is 0.465 e. The van der Waals surface area contributed by atoms with Crippen molar-refractivity contribution in [2.24, 2.45) is 0 Å². The molecule has 0 aromatic carbocycles. The molecule has 4 nitrogen and oxygen atoms in total. The molecule has 1 aliphatic carbocycles. The van der Waals surface area contributed by atoms with Gasteiger partial charge in [-0.2, -0.15) is 11.8 Å². The first-order chi connectivity index (χ1) is 8.57. The Morgan fingerprint density at radius 1 is 1.61 bits per heavy atom. The van der Waals surface area contributed by atoms with E-state index >= 15 is 0 Å². The number of nitrogens with one attached hydrogen (secondary N) is 1. The van der Waals surface area contributed by atoms with Crippen LogP contribution in [0.2, 0.25) is 0 Å². The van der Waals surface area contributed by atoms with Crippen LogP contribution >= 0.6 is 11.8 Å². The minimum atomic E-state index is -0.502. The van der Waals surface area contributed by atoms with E-state index in [0.29, 0.717) is 11.9 Å². The average Bonchev–Trinajstić information content (AvgIpc) is 2.74. The molecule has 0 spiro atoms. The number of aliphatic hydroxyl groups is 1. The third-order valence-electron chi connectivity index (χ3n) is 3.33.